The Morgan fingerprint density at radius 2 is 1.74 bits per heavy atom. The fourth-order valence-electron chi connectivity index (χ4n) is 1.82. The molecule has 0 bridgehead atoms. The summed E-state index contributed by atoms with van der Waals surface area (Å²) in [7, 11) is -2.02. The van der Waals surface area contributed by atoms with E-state index in [1.54, 1.807) is 6.26 Å². The zero-order valence-corrected chi connectivity index (χ0v) is 11.9. The molecule has 0 aromatic heterocycles. The number of ether oxygens (including phenoxy) is 1. The maximum absolute atomic E-state index is 11.7. The van der Waals surface area contributed by atoms with Crippen molar-refractivity contribution in [2.24, 2.45) is 0 Å². The van der Waals surface area contributed by atoms with Crippen LogP contribution in [0.5, 0.6) is 5.75 Å². The summed E-state index contributed by atoms with van der Waals surface area (Å²) in [5.41, 5.74) is 2.12. The lowest BCUT2D eigenvalue weighted by atomic mass is 10.2. The van der Waals surface area contributed by atoms with Crippen molar-refractivity contribution >= 4 is 15.4 Å². The second kappa shape index (κ2) is 5.93. The van der Waals surface area contributed by atoms with Crippen LogP contribution in [0.1, 0.15) is 11.1 Å². The summed E-state index contributed by atoms with van der Waals surface area (Å²) in [4.78, 5) is 0. The van der Waals surface area contributed by atoms with Crippen LogP contribution in [0.15, 0.2) is 54.6 Å². The predicted molar refractivity (Wildman–Crippen MR) is 82.1 cm³/mol. The predicted octanol–water partition coefficient (Wildman–Crippen LogP) is 3.11. The van der Waals surface area contributed by atoms with Gasteiger partial charge in [0.25, 0.3) is 0 Å². The summed E-state index contributed by atoms with van der Waals surface area (Å²) in [5.74, 6) is 4.95. The Labute approximate surface area is 115 Å². The first-order chi connectivity index (χ1) is 9.03. The summed E-state index contributed by atoms with van der Waals surface area (Å²) >= 11 is 0. The molecule has 2 rings (SSSR count). The molecular formula is C16H18O2S. The lowest BCUT2D eigenvalue weighted by Gasteiger charge is -2.08. The second-order valence-corrected chi connectivity index (χ2v) is 7.41. The normalized spacial score (nSPS) is 13.7. The van der Waals surface area contributed by atoms with Gasteiger partial charge in [0.05, 0.1) is 0 Å². The molecule has 0 radical (unpaired) electrons. The van der Waals surface area contributed by atoms with E-state index in [9.17, 15) is 4.21 Å². The van der Waals surface area contributed by atoms with Gasteiger partial charge in [-0.1, -0.05) is 42.5 Å². The van der Waals surface area contributed by atoms with Gasteiger partial charge < -0.3 is 4.74 Å². The van der Waals surface area contributed by atoms with Gasteiger partial charge in [-0.25, -0.2) is 0 Å². The molecule has 0 aliphatic carbocycles. The van der Waals surface area contributed by atoms with Crippen molar-refractivity contribution in [3.63, 3.8) is 0 Å². The summed E-state index contributed by atoms with van der Waals surface area (Å²) in [6.07, 6.45) is 1.67. The molecule has 0 amide bonds. The molecule has 2 aromatic carbocycles. The van der Waals surface area contributed by atoms with E-state index in [2.05, 4.69) is 5.87 Å². The highest BCUT2D eigenvalue weighted by atomic mass is 32.2. The van der Waals surface area contributed by atoms with Gasteiger partial charge in [0.15, 0.2) is 0 Å². The van der Waals surface area contributed by atoms with Crippen molar-refractivity contribution in [3.05, 3.63) is 65.7 Å². The van der Waals surface area contributed by atoms with Crippen molar-refractivity contribution < 1.29 is 8.95 Å². The van der Waals surface area contributed by atoms with E-state index < -0.39 is 9.52 Å². The first-order valence-electron chi connectivity index (χ1n) is 6.08. The van der Waals surface area contributed by atoms with Crippen LogP contribution < -0.4 is 4.74 Å². The van der Waals surface area contributed by atoms with Crippen LogP contribution in [0.3, 0.4) is 0 Å². The topological polar surface area (TPSA) is 26.3 Å². The van der Waals surface area contributed by atoms with Crippen molar-refractivity contribution in [1.29, 1.82) is 0 Å². The summed E-state index contributed by atoms with van der Waals surface area (Å²) in [6, 6.07) is 17.7. The van der Waals surface area contributed by atoms with E-state index in [0.717, 1.165) is 16.9 Å². The highest BCUT2D eigenvalue weighted by molar-refractivity contribution is 7.98. The average Bonchev–Trinajstić information content (AvgIpc) is 2.36. The Morgan fingerprint density at radius 1 is 1.05 bits per heavy atom. The standard InChI is InChI=1S/C16H18O2S/c1-19(2,17)13-15-9-6-10-16(11-15)18-12-14-7-4-3-5-8-14/h3-11H,1,12-13H2,2H3. The van der Waals surface area contributed by atoms with Gasteiger partial charge in [-0.15, -0.1) is 0 Å². The lowest BCUT2D eigenvalue weighted by Crippen LogP contribution is -2.01. The largest absolute Gasteiger partial charge is 0.489 e. The van der Waals surface area contributed by atoms with Gasteiger partial charge in [-0.2, -0.15) is 0 Å². The van der Waals surface area contributed by atoms with E-state index in [1.165, 1.54) is 0 Å². The number of benzene rings is 2. The quantitative estimate of drug-likeness (QED) is 0.783. The maximum Gasteiger partial charge on any atom is 0.120 e. The van der Waals surface area contributed by atoms with Crippen LogP contribution in [-0.4, -0.2) is 16.3 Å². The first kappa shape index (κ1) is 13.7. The van der Waals surface area contributed by atoms with Gasteiger partial charge in [-0.3, -0.25) is 4.21 Å². The zero-order valence-electron chi connectivity index (χ0n) is 11.0. The molecule has 0 saturated carbocycles. The molecule has 2 nitrogen and oxygen atoms in total. The van der Waals surface area contributed by atoms with Crippen LogP contribution in [-0.2, 0) is 21.9 Å². The third-order valence-electron chi connectivity index (χ3n) is 2.62. The smallest absolute Gasteiger partial charge is 0.120 e. The third-order valence-corrected chi connectivity index (χ3v) is 3.56. The molecule has 0 N–H and O–H groups in total. The van der Waals surface area contributed by atoms with Crippen LogP contribution in [0, 0.1) is 0 Å². The molecule has 0 spiro atoms. The van der Waals surface area contributed by atoms with Crippen LogP contribution in [0.4, 0.5) is 0 Å². The molecule has 19 heavy (non-hydrogen) atoms. The van der Waals surface area contributed by atoms with Gasteiger partial charge in [0.1, 0.15) is 12.4 Å². The van der Waals surface area contributed by atoms with E-state index in [0.29, 0.717) is 12.4 Å². The Morgan fingerprint density at radius 3 is 2.42 bits per heavy atom. The molecule has 0 aliphatic heterocycles. The first-order valence-corrected chi connectivity index (χ1v) is 8.39. The highest BCUT2D eigenvalue weighted by Gasteiger charge is 2.01. The molecular weight excluding hydrogens is 256 g/mol. The summed E-state index contributed by atoms with van der Waals surface area (Å²) in [5, 5.41) is 0. The Hall–Kier alpha value is -1.74. The Kier molecular flexibility index (Phi) is 4.27. The molecule has 0 fully saturated rings. The Balaban J connectivity index is 2.03. The van der Waals surface area contributed by atoms with E-state index in [1.807, 2.05) is 54.6 Å². The number of rotatable bonds is 5. The average molecular weight is 274 g/mol. The van der Waals surface area contributed by atoms with Crippen molar-refractivity contribution in [1.82, 2.24) is 0 Å². The van der Waals surface area contributed by atoms with Crippen molar-refractivity contribution in [3.8, 4) is 5.75 Å². The van der Waals surface area contributed by atoms with Gasteiger partial charge in [-0.05, 0) is 38.7 Å². The van der Waals surface area contributed by atoms with E-state index >= 15 is 0 Å². The third kappa shape index (κ3) is 4.79. The minimum absolute atomic E-state index is 0.482. The number of hydrogen-bond donors (Lipinski definition) is 0. The molecule has 0 aliphatic rings. The maximum atomic E-state index is 11.7. The molecule has 1 atom stereocenters. The SMILES string of the molecule is C=S(C)(=O)Cc1cccc(OCc2ccccc2)c1. The van der Waals surface area contributed by atoms with Crippen molar-refractivity contribution in [2.75, 3.05) is 6.26 Å². The molecule has 2 aromatic rings. The van der Waals surface area contributed by atoms with Gasteiger partial charge in [0, 0.05) is 12.0 Å². The van der Waals surface area contributed by atoms with Crippen LogP contribution in [0.25, 0.3) is 0 Å². The van der Waals surface area contributed by atoms with Crippen LogP contribution >= 0.6 is 0 Å². The molecule has 0 saturated heterocycles. The number of hydrogen-bond acceptors (Lipinski definition) is 2. The summed E-state index contributed by atoms with van der Waals surface area (Å²) < 4.78 is 17.4. The summed E-state index contributed by atoms with van der Waals surface area (Å²) in [6.45, 7) is 0.538. The molecule has 1 unspecified atom stereocenters. The fourth-order valence-corrected chi connectivity index (χ4v) is 2.70. The monoisotopic (exact) mass is 274 g/mol. The Bertz CT molecular complexity index is 631. The molecule has 0 heterocycles. The second-order valence-electron chi connectivity index (χ2n) is 4.75. The highest BCUT2D eigenvalue weighted by Crippen LogP contribution is 2.16. The minimum atomic E-state index is -2.02. The van der Waals surface area contributed by atoms with Gasteiger partial charge >= 0.3 is 0 Å². The van der Waals surface area contributed by atoms with Gasteiger partial charge in [0.2, 0.25) is 0 Å². The molecule has 100 valence electrons. The lowest BCUT2D eigenvalue weighted by molar-refractivity contribution is 0.306. The fraction of sp³-hybridized carbons (Fsp3) is 0.188. The minimum Gasteiger partial charge on any atom is -0.489 e. The molecule has 3 heteroatoms. The zero-order chi connectivity index (χ0) is 13.7. The van der Waals surface area contributed by atoms with E-state index in [4.69, 9.17) is 4.74 Å². The van der Waals surface area contributed by atoms with Crippen molar-refractivity contribution in [2.45, 2.75) is 12.4 Å². The van der Waals surface area contributed by atoms with E-state index in [-0.39, 0.29) is 0 Å². The van der Waals surface area contributed by atoms with Crippen LogP contribution in [0.2, 0.25) is 0 Å².